The zero-order chi connectivity index (χ0) is 14.8. The molecule has 0 aromatic heterocycles. The number of halogens is 1. The third-order valence-electron chi connectivity index (χ3n) is 2.55. The third kappa shape index (κ3) is 3.44. The van der Waals surface area contributed by atoms with E-state index in [1.807, 2.05) is 0 Å². The van der Waals surface area contributed by atoms with Gasteiger partial charge in [0.1, 0.15) is 4.90 Å². The topological polar surface area (TPSA) is 89.3 Å². The van der Waals surface area contributed by atoms with E-state index < -0.39 is 15.9 Å². The van der Waals surface area contributed by atoms with Gasteiger partial charge in [-0.2, -0.15) is 0 Å². The molecule has 2 aromatic carbocycles. The van der Waals surface area contributed by atoms with Gasteiger partial charge in [-0.15, -0.1) is 0 Å². The molecule has 0 heterocycles. The molecule has 1 amide bonds. The van der Waals surface area contributed by atoms with Crippen LogP contribution < -0.4 is 10.5 Å². The highest BCUT2D eigenvalue weighted by atomic mass is 79.9. The molecule has 0 aliphatic carbocycles. The molecule has 0 saturated heterocycles. The first-order chi connectivity index (χ1) is 9.38. The van der Waals surface area contributed by atoms with E-state index in [4.69, 9.17) is 5.14 Å². The summed E-state index contributed by atoms with van der Waals surface area (Å²) in [6, 6.07) is 12.7. The molecule has 0 atom stereocenters. The summed E-state index contributed by atoms with van der Waals surface area (Å²) in [5, 5.41) is 7.65. The van der Waals surface area contributed by atoms with Crippen LogP contribution in [0.25, 0.3) is 0 Å². The van der Waals surface area contributed by atoms with Crippen LogP contribution in [0.15, 0.2) is 57.9 Å². The lowest BCUT2D eigenvalue weighted by Crippen LogP contribution is -2.18. The molecule has 0 spiro atoms. The quantitative estimate of drug-likeness (QED) is 0.886. The molecular weight excluding hydrogens is 344 g/mol. The van der Waals surface area contributed by atoms with E-state index in [0.29, 0.717) is 5.56 Å². The number of hydrogen-bond donors (Lipinski definition) is 2. The Balaban J connectivity index is 2.31. The number of nitrogens with one attached hydrogen (secondary N) is 1. The number of carbonyl (C=O) groups is 1. The van der Waals surface area contributed by atoms with Crippen LogP contribution in [0.4, 0.5) is 5.69 Å². The number of hydrogen-bond acceptors (Lipinski definition) is 3. The molecule has 0 aliphatic rings. The Kier molecular flexibility index (Phi) is 4.22. The van der Waals surface area contributed by atoms with Crippen molar-refractivity contribution in [3.05, 3.63) is 58.6 Å². The maximum Gasteiger partial charge on any atom is 0.255 e. The van der Waals surface area contributed by atoms with Crippen molar-refractivity contribution < 1.29 is 13.2 Å². The lowest BCUT2D eigenvalue weighted by molar-refractivity contribution is 0.102. The van der Waals surface area contributed by atoms with E-state index in [1.54, 1.807) is 30.3 Å². The predicted octanol–water partition coefficient (Wildman–Crippen LogP) is 2.35. The molecule has 5 nitrogen and oxygen atoms in total. The molecular formula is C13H11BrN2O3S. The monoisotopic (exact) mass is 354 g/mol. The van der Waals surface area contributed by atoms with E-state index in [-0.39, 0.29) is 10.6 Å². The van der Waals surface area contributed by atoms with Gasteiger partial charge in [0.05, 0.1) is 5.69 Å². The van der Waals surface area contributed by atoms with Crippen LogP contribution in [0.3, 0.4) is 0 Å². The Morgan fingerprint density at radius 3 is 2.25 bits per heavy atom. The van der Waals surface area contributed by atoms with Crippen LogP contribution in [0.5, 0.6) is 0 Å². The molecule has 0 radical (unpaired) electrons. The summed E-state index contributed by atoms with van der Waals surface area (Å²) in [4.78, 5) is 11.9. The van der Waals surface area contributed by atoms with Crippen LogP contribution in [0.2, 0.25) is 0 Å². The number of primary sulfonamides is 1. The van der Waals surface area contributed by atoms with Gasteiger partial charge in [-0.1, -0.05) is 28.1 Å². The molecule has 7 heteroatoms. The van der Waals surface area contributed by atoms with E-state index in [9.17, 15) is 13.2 Å². The Bertz CT molecular complexity index is 742. The summed E-state index contributed by atoms with van der Waals surface area (Å²) < 4.78 is 23.7. The summed E-state index contributed by atoms with van der Waals surface area (Å²) in [5.74, 6) is -0.409. The Hall–Kier alpha value is -1.70. The van der Waals surface area contributed by atoms with Crippen molar-refractivity contribution >= 4 is 37.5 Å². The summed E-state index contributed by atoms with van der Waals surface area (Å²) >= 11 is 3.27. The van der Waals surface area contributed by atoms with Crippen molar-refractivity contribution in [3.8, 4) is 0 Å². The van der Waals surface area contributed by atoms with Crippen LogP contribution >= 0.6 is 15.9 Å². The fourth-order valence-electron chi connectivity index (χ4n) is 1.61. The van der Waals surface area contributed by atoms with Gasteiger partial charge in [0.25, 0.3) is 5.91 Å². The molecule has 0 unspecified atom stereocenters. The van der Waals surface area contributed by atoms with Crippen molar-refractivity contribution in [3.63, 3.8) is 0 Å². The molecule has 2 rings (SSSR count). The number of para-hydroxylation sites is 1. The van der Waals surface area contributed by atoms with Crippen molar-refractivity contribution in [1.29, 1.82) is 0 Å². The fourth-order valence-corrected chi connectivity index (χ4v) is 2.57. The first-order valence-corrected chi connectivity index (χ1v) is 7.90. The van der Waals surface area contributed by atoms with Crippen LogP contribution in [0.1, 0.15) is 10.4 Å². The molecule has 0 bridgehead atoms. The van der Waals surface area contributed by atoms with E-state index in [0.717, 1.165) is 4.47 Å². The molecule has 3 N–H and O–H groups in total. The van der Waals surface area contributed by atoms with Crippen LogP contribution in [0, 0.1) is 0 Å². The number of amides is 1. The van der Waals surface area contributed by atoms with Gasteiger partial charge < -0.3 is 5.32 Å². The summed E-state index contributed by atoms with van der Waals surface area (Å²) in [6.07, 6.45) is 0. The minimum Gasteiger partial charge on any atom is -0.321 e. The average Bonchev–Trinajstić information content (AvgIpc) is 2.38. The molecule has 2 aromatic rings. The van der Waals surface area contributed by atoms with Gasteiger partial charge in [-0.25, -0.2) is 13.6 Å². The van der Waals surface area contributed by atoms with E-state index in [2.05, 4.69) is 21.2 Å². The van der Waals surface area contributed by atoms with Crippen molar-refractivity contribution in [1.82, 2.24) is 0 Å². The SMILES string of the molecule is NS(=O)(=O)c1ccccc1NC(=O)c1ccc(Br)cc1. The third-order valence-corrected chi connectivity index (χ3v) is 4.05. The zero-order valence-corrected chi connectivity index (χ0v) is 12.6. The number of rotatable bonds is 3. The lowest BCUT2D eigenvalue weighted by atomic mass is 10.2. The zero-order valence-electron chi connectivity index (χ0n) is 10.2. The summed E-state index contributed by atoms with van der Waals surface area (Å²) in [6.45, 7) is 0. The maximum atomic E-state index is 12.0. The Labute approximate surface area is 125 Å². The van der Waals surface area contributed by atoms with Gasteiger partial charge in [-0.3, -0.25) is 4.79 Å². The second kappa shape index (κ2) is 5.74. The van der Waals surface area contributed by atoms with Gasteiger partial charge in [0.15, 0.2) is 0 Å². The maximum absolute atomic E-state index is 12.0. The van der Waals surface area contributed by atoms with Crippen LogP contribution in [-0.4, -0.2) is 14.3 Å². The minimum absolute atomic E-state index is 0.120. The van der Waals surface area contributed by atoms with E-state index >= 15 is 0 Å². The highest BCUT2D eigenvalue weighted by Crippen LogP contribution is 2.20. The number of benzene rings is 2. The van der Waals surface area contributed by atoms with Gasteiger partial charge in [-0.05, 0) is 36.4 Å². The molecule has 20 heavy (non-hydrogen) atoms. The van der Waals surface area contributed by atoms with Crippen LogP contribution in [-0.2, 0) is 10.0 Å². The molecule has 0 saturated carbocycles. The number of nitrogens with two attached hydrogens (primary N) is 1. The van der Waals surface area contributed by atoms with Crippen molar-refractivity contribution in [2.75, 3.05) is 5.32 Å². The molecule has 0 fully saturated rings. The summed E-state index contributed by atoms with van der Waals surface area (Å²) in [7, 11) is -3.89. The van der Waals surface area contributed by atoms with Gasteiger partial charge >= 0.3 is 0 Å². The second-order valence-electron chi connectivity index (χ2n) is 4.00. The number of sulfonamides is 1. The van der Waals surface area contributed by atoms with Gasteiger partial charge in [0, 0.05) is 10.0 Å². The number of carbonyl (C=O) groups excluding carboxylic acids is 1. The smallest absolute Gasteiger partial charge is 0.255 e. The molecule has 104 valence electrons. The predicted molar refractivity (Wildman–Crippen MR) is 79.9 cm³/mol. The number of anilines is 1. The van der Waals surface area contributed by atoms with Gasteiger partial charge in [0.2, 0.25) is 10.0 Å². The first kappa shape index (κ1) is 14.7. The average molecular weight is 355 g/mol. The summed E-state index contributed by atoms with van der Waals surface area (Å²) in [5.41, 5.74) is 0.570. The van der Waals surface area contributed by atoms with Crippen molar-refractivity contribution in [2.24, 2.45) is 5.14 Å². The lowest BCUT2D eigenvalue weighted by Gasteiger charge is -2.09. The first-order valence-electron chi connectivity index (χ1n) is 5.56. The fraction of sp³-hybridized carbons (Fsp3) is 0. The normalized spacial score (nSPS) is 11.1. The standard InChI is InChI=1S/C13H11BrN2O3S/c14-10-7-5-9(6-8-10)13(17)16-11-3-1-2-4-12(11)20(15,18)19/h1-8H,(H,16,17)(H2,15,18,19). The highest BCUT2D eigenvalue weighted by molar-refractivity contribution is 9.10. The highest BCUT2D eigenvalue weighted by Gasteiger charge is 2.15. The Morgan fingerprint density at radius 2 is 1.65 bits per heavy atom. The molecule has 0 aliphatic heterocycles. The second-order valence-corrected chi connectivity index (χ2v) is 6.45. The van der Waals surface area contributed by atoms with E-state index in [1.165, 1.54) is 18.2 Å². The Morgan fingerprint density at radius 1 is 1.05 bits per heavy atom. The minimum atomic E-state index is -3.89. The van der Waals surface area contributed by atoms with Crippen molar-refractivity contribution in [2.45, 2.75) is 4.90 Å². The largest absolute Gasteiger partial charge is 0.321 e.